The minimum atomic E-state index is -0.451. The van der Waals surface area contributed by atoms with Crippen molar-refractivity contribution in [2.45, 2.75) is 25.0 Å². The van der Waals surface area contributed by atoms with Crippen LogP contribution in [-0.4, -0.2) is 86.9 Å². The fourth-order valence-corrected chi connectivity index (χ4v) is 3.60. The lowest BCUT2D eigenvalue weighted by Gasteiger charge is -2.36. The van der Waals surface area contributed by atoms with E-state index in [0.717, 1.165) is 12.8 Å². The topological polar surface area (TPSA) is 68.3 Å². The van der Waals surface area contributed by atoms with E-state index in [1.807, 2.05) is 0 Å². The standard InChI is InChI=1S/C20H27FN2O5/c1-26-14-19(24)22-7-9-28-18(12-22)13-23(11-17-6-3-8-27-17)20(25)15-4-2-5-16(21)10-15/h2,4-5,10,17-18H,3,6-9,11-14H2,1H3/t17-,18+/m0/s1. The molecular formula is C20H27FN2O5. The number of carbonyl (C=O) groups is 2. The lowest BCUT2D eigenvalue weighted by atomic mass is 10.1. The van der Waals surface area contributed by atoms with Crippen molar-refractivity contribution in [3.05, 3.63) is 35.6 Å². The molecule has 8 heteroatoms. The summed E-state index contributed by atoms with van der Waals surface area (Å²) in [7, 11) is 1.48. The van der Waals surface area contributed by atoms with Crippen molar-refractivity contribution in [2.75, 3.05) is 53.1 Å². The molecule has 2 aliphatic rings. The van der Waals surface area contributed by atoms with Gasteiger partial charge in [-0.25, -0.2) is 4.39 Å². The van der Waals surface area contributed by atoms with Gasteiger partial charge in [0.1, 0.15) is 12.4 Å². The first-order chi connectivity index (χ1) is 13.6. The lowest BCUT2D eigenvalue weighted by Crippen LogP contribution is -2.52. The Kier molecular flexibility index (Phi) is 7.36. The SMILES string of the molecule is COCC(=O)N1CCO[C@@H](CN(C[C@@H]2CCCO2)C(=O)c2cccc(F)c2)C1. The first kappa shape index (κ1) is 20.7. The van der Waals surface area contributed by atoms with Crippen molar-refractivity contribution in [1.29, 1.82) is 0 Å². The number of nitrogens with zero attached hydrogens (tertiary/aromatic N) is 2. The van der Waals surface area contributed by atoms with Gasteiger partial charge < -0.3 is 24.0 Å². The predicted octanol–water partition coefficient (Wildman–Crippen LogP) is 1.32. The number of rotatable bonds is 7. The van der Waals surface area contributed by atoms with Gasteiger partial charge in [0.15, 0.2) is 0 Å². The summed E-state index contributed by atoms with van der Waals surface area (Å²) in [5, 5.41) is 0. The largest absolute Gasteiger partial charge is 0.376 e. The molecule has 2 heterocycles. The van der Waals surface area contributed by atoms with Crippen LogP contribution < -0.4 is 0 Å². The summed E-state index contributed by atoms with van der Waals surface area (Å²) in [6.07, 6.45) is 1.50. The predicted molar refractivity (Wildman–Crippen MR) is 99.5 cm³/mol. The van der Waals surface area contributed by atoms with Crippen molar-refractivity contribution in [1.82, 2.24) is 9.80 Å². The monoisotopic (exact) mass is 394 g/mol. The molecular weight excluding hydrogens is 367 g/mol. The van der Waals surface area contributed by atoms with Gasteiger partial charge in [-0.2, -0.15) is 0 Å². The van der Waals surface area contributed by atoms with E-state index in [1.165, 1.54) is 25.3 Å². The van der Waals surface area contributed by atoms with Gasteiger partial charge >= 0.3 is 0 Å². The van der Waals surface area contributed by atoms with Crippen molar-refractivity contribution in [3.8, 4) is 0 Å². The van der Waals surface area contributed by atoms with Gasteiger partial charge in [0.2, 0.25) is 5.91 Å². The maximum atomic E-state index is 13.6. The van der Waals surface area contributed by atoms with E-state index in [9.17, 15) is 14.0 Å². The van der Waals surface area contributed by atoms with E-state index in [0.29, 0.717) is 45.0 Å². The Morgan fingerprint density at radius 1 is 1.25 bits per heavy atom. The quantitative estimate of drug-likeness (QED) is 0.698. The summed E-state index contributed by atoms with van der Waals surface area (Å²) in [5.41, 5.74) is 0.293. The number of hydrogen-bond acceptors (Lipinski definition) is 5. The van der Waals surface area contributed by atoms with Crippen molar-refractivity contribution in [2.24, 2.45) is 0 Å². The molecule has 2 saturated heterocycles. The minimum Gasteiger partial charge on any atom is -0.376 e. The van der Waals surface area contributed by atoms with Gasteiger partial charge in [-0.3, -0.25) is 9.59 Å². The Morgan fingerprint density at radius 3 is 2.75 bits per heavy atom. The smallest absolute Gasteiger partial charge is 0.254 e. The molecule has 1 aromatic rings. The van der Waals surface area contributed by atoms with Crippen LogP contribution in [0.2, 0.25) is 0 Å². The van der Waals surface area contributed by atoms with Crippen molar-refractivity contribution >= 4 is 11.8 Å². The van der Waals surface area contributed by atoms with Gasteiger partial charge in [-0.1, -0.05) is 6.07 Å². The van der Waals surface area contributed by atoms with Crippen molar-refractivity contribution < 1.29 is 28.2 Å². The summed E-state index contributed by atoms with van der Waals surface area (Å²) >= 11 is 0. The molecule has 0 aromatic heterocycles. The van der Waals surface area contributed by atoms with Crippen LogP contribution >= 0.6 is 0 Å². The summed E-state index contributed by atoms with van der Waals surface area (Å²) < 4.78 is 30.0. The molecule has 154 valence electrons. The van der Waals surface area contributed by atoms with Crippen molar-refractivity contribution in [3.63, 3.8) is 0 Å². The number of benzene rings is 1. The Morgan fingerprint density at radius 2 is 2.04 bits per heavy atom. The van der Waals surface area contributed by atoms with Crippen LogP contribution in [0.4, 0.5) is 4.39 Å². The Bertz CT molecular complexity index is 680. The van der Waals surface area contributed by atoms with E-state index in [-0.39, 0.29) is 30.6 Å². The molecule has 2 amide bonds. The third-order valence-electron chi connectivity index (χ3n) is 4.99. The number of carbonyl (C=O) groups excluding carboxylic acids is 2. The second-order valence-electron chi connectivity index (χ2n) is 7.12. The van der Waals surface area contributed by atoms with E-state index in [2.05, 4.69) is 0 Å². The highest BCUT2D eigenvalue weighted by Crippen LogP contribution is 2.17. The molecule has 0 bridgehead atoms. The van der Waals surface area contributed by atoms with E-state index in [4.69, 9.17) is 14.2 Å². The molecule has 0 saturated carbocycles. The average Bonchev–Trinajstić information content (AvgIpc) is 3.20. The van der Waals surface area contributed by atoms with Crippen LogP contribution in [0.1, 0.15) is 23.2 Å². The van der Waals surface area contributed by atoms with Crippen LogP contribution in [0.25, 0.3) is 0 Å². The number of amides is 2. The summed E-state index contributed by atoms with van der Waals surface area (Å²) in [4.78, 5) is 28.5. The molecule has 2 fully saturated rings. The zero-order chi connectivity index (χ0) is 19.9. The Labute approximate surface area is 164 Å². The molecule has 0 spiro atoms. The highest BCUT2D eigenvalue weighted by atomic mass is 19.1. The molecule has 7 nitrogen and oxygen atoms in total. The molecule has 1 aromatic carbocycles. The van der Waals surface area contributed by atoms with Crippen LogP contribution in [-0.2, 0) is 19.0 Å². The first-order valence-electron chi connectivity index (χ1n) is 9.61. The molecule has 0 N–H and O–H groups in total. The fraction of sp³-hybridized carbons (Fsp3) is 0.600. The van der Waals surface area contributed by atoms with Crippen LogP contribution in [0, 0.1) is 5.82 Å². The molecule has 0 unspecified atom stereocenters. The van der Waals surface area contributed by atoms with Crippen LogP contribution in [0.3, 0.4) is 0 Å². The number of morpholine rings is 1. The fourth-order valence-electron chi connectivity index (χ4n) is 3.60. The third-order valence-corrected chi connectivity index (χ3v) is 4.99. The molecule has 2 atom stereocenters. The summed E-state index contributed by atoms with van der Waals surface area (Å²) in [6, 6.07) is 5.67. The van der Waals surface area contributed by atoms with Gasteiger partial charge in [0, 0.05) is 45.5 Å². The normalized spacial score (nSPS) is 22.3. The number of ether oxygens (including phenoxy) is 3. The number of hydrogen-bond donors (Lipinski definition) is 0. The second kappa shape index (κ2) is 9.95. The van der Waals surface area contributed by atoms with Gasteiger partial charge in [0.05, 0.1) is 18.8 Å². The van der Waals surface area contributed by atoms with E-state index < -0.39 is 5.82 Å². The van der Waals surface area contributed by atoms with Gasteiger partial charge in [-0.15, -0.1) is 0 Å². The zero-order valence-corrected chi connectivity index (χ0v) is 16.1. The second-order valence-corrected chi connectivity index (χ2v) is 7.12. The van der Waals surface area contributed by atoms with Gasteiger partial charge in [0.25, 0.3) is 5.91 Å². The zero-order valence-electron chi connectivity index (χ0n) is 16.1. The summed E-state index contributed by atoms with van der Waals surface area (Å²) in [6.45, 7) is 2.73. The van der Waals surface area contributed by atoms with Crippen LogP contribution in [0.15, 0.2) is 24.3 Å². The van der Waals surface area contributed by atoms with E-state index >= 15 is 0 Å². The molecule has 0 radical (unpaired) electrons. The maximum absolute atomic E-state index is 13.6. The third kappa shape index (κ3) is 5.50. The average molecular weight is 394 g/mol. The molecule has 2 aliphatic heterocycles. The maximum Gasteiger partial charge on any atom is 0.254 e. The highest BCUT2D eigenvalue weighted by Gasteiger charge is 2.30. The molecule has 28 heavy (non-hydrogen) atoms. The van der Waals surface area contributed by atoms with Crippen LogP contribution in [0.5, 0.6) is 0 Å². The number of methoxy groups -OCH3 is 1. The Hall–Kier alpha value is -2.03. The first-order valence-corrected chi connectivity index (χ1v) is 9.61. The molecule has 3 rings (SSSR count). The minimum absolute atomic E-state index is 0.0224. The summed E-state index contributed by atoms with van der Waals surface area (Å²) in [5.74, 6) is -0.815. The lowest BCUT2D eigenvalue weighted by molar-refractivity contribution is -0.143. The highest BCUT2D eigenvalue weighted by molar-refractivity contribution is 5.94. The molecule has 0 aliphatic carbocycles. The van der Waals surface area contributed by atoms with Gasteiger partial charge in [-0.05, 0) is 31.0 Å². The Balaban J connectivity index is 1.69. The number of halogens is 1. The van der Waals surface area contributed by atoms with E-state index in [1.54, 1.807) is 15.9 Å².